The molecular weight excluding hydrogens is 380 g/mol. The van der Waals surface area contributed by atoms with Crippen molar-refractivity contribution >= 4 is 0 Å². The van der Waals surface area contributed by atoms with Crippen molar-refractivity contribution in [2.75, 3.05) is 26.2 Å². The Bertz CT molecular complexity index is 1010. The molecule has 30 heavy (non-hydrogen) atoms. The molecule has 0 atom stereocenters. The molecule has 3 aromatic rings. The molecule has 0 saturated carbocycles. The molecule has 0 spiro atoms. The summed E-state index contributed by atoms with van der Waals surface area (Å²) in [4.78, 5) is 6.59. The molecule has 0 aliphatic carbocycles. The lowest BCUT2D eigenvalue weighted by Gasteiger charge is -2.38. The first-order valence-corrected chi connectivity index (χ1v) is 10.3. The van der Waals surface area contributed by atoms with Gasteiger partial charge in [-0.2, -0.15) is 0 Å². The lowest BCUT2D eigenvalue weighted by atomic mass is 10.1. The van der Waals surface area contributed by atoms with Gasteiger partial charge in [0.2, 0.25) is 0 Å². The number of likely N-dealkylation sites (tertiary alicyclic amines) is 1. The molecule has 0 bridgehead atoms. The van der Waals surface area contributed by atoms with Crippen molar-refractivity contribution in [2.45, 2.75) is 32.4 Å². The third kappa shape index (κ3) is 5.09. The summed E-state index contributed by atoms with van der Waals surface area (Å²) in [6, 6.07) is 9.65. The highest BCUT2D eigenvalue weighted by Gasteiger charge is 2.27. The second kappa shape index (κ2) is 9.61. The Morgan fingerprint density at radius 1 is 1.23 bits per heavy atom. The molecule has 0 unspecified atom stereocenters. The Balaban J connectivity index is 1.29. The summed E-state index contributed by atoms with van der Waals surface area (Å²) >= 11 is 0. The molecule has 3 heterocycles. The molecule has 7 nitrogen and oxygen atoms in total. The smallest absolute Gasteiger partial charge is 0.157 e. The fraction of sp³-hybridized carbons (Fsp3) is 0.391. The minimum absolute atomic E-state index is 0.220. The summed E-state index contributed by atoms with van der Waals surface area (Å²) in [7, 11) is 0. The summed E-state index contributed by atoms with van der Waals surface area (Å²) in [5.74, 6) is 8.78. The van der Waals surface area contributed by atoms with E-state index in [1.807, 2.05) is 41.1 Å². The average molecular weight is 406 g/mol. The van der Waals surface area contributed by atoms with Gasteiger partial charge >= 0.3 is 0 Å². The molecule has 7 heteroatoms. The van der Waals surface area contributed by atoms with Crippen molar-refractivity contribution in [2.24, 2.45) is 0 Å². The van der Waals surface area contributed by atoms with E-state index in [0.29, 0.717) is 12.2 Å². The van der Waals surface area contributed by atoms with Crippen LogP contribution < -0.4 is 4.74 Å². The second-order valence-electron chi connectivity index (χ2n) is 7.35. The van der Waals surface area contributed by atoms with Gasteiger partial charge in [-0.15, -0.1) is 0 Å². The first kappa shape index (κ1) is 20.2. The van der Waals surface area contributed by atoms with E-state index >= 15 is 0 Å². The van der Waals surface area contributed by atoms with Crippen LogP contribution in [0.1, 0.15) is 36.2 Å². The number of hydrogen-bond donors (Lipinski definition) is 1. The van der Waals surface area contributed by atoms with Gasteiger partial charge in [-0.05, 0) is 36.6 Å². The summed E-state index contributed by atoms with van der Waals surface area (Å²) < 4.78 is 13.4. The van der Waals surface area contributed by atoms with Crippen molar-refractivity contribution in [3.63, 3.8) is 0 Å². The van der Waals surface area contributed by atoms with Crippen molar-refractivity contribution in [1.82, 2.24) is 19.6 Å². The number of imidazole rings is 1. The van der Waals surface area contributed by atoms with Gasteiger partial charge in [0.15, 0.2) is 11.5 Å². The van der Waals surface area contributed by atoms with Crippen LogP contribution in [0.5, 0.6) is 5.75 Å². The zero-order chi connectivity index (χ0) is 20.8. The Morgan fingerprint density at radius 2 is 2.07 bits per heavy atom. The fourth-order valence-corrected chi connectivity index (χ4v) is 3.43. The molecule has 1 N–H and O–H groups in total. The van der Waals surface area contributed by atoms with Crippen LogP contribution in [-0.2, 0) is 13.0 Å². The largest absolute Gasteiger partial charge is 0.488 e. The van der Waals surface area contributed by atoms with E-state index in [0.717, 1.165) is 55.4 Å². The highest BCUT2D eigenvalue weighted by Crippen LogP contribution is 2.19. The molecule has 4 rings (SSSR count). The predicted octanol–water partition coefficient (Wildman–Crippen LogP) is 2.33. The van der Waals surface area contributed by atoms with Gasteiger partial charge in [-0.25, -0.2) is 4.98 Å². The highest BCUT2D eigenvalue weighted by atomic mass is 16.5. The predicted molar refractivity (Wildman–Crippen MR) is 112 cm³/mol. The maximum atomic E-state index is 8.87. The Hall–Kier alpha value is -3.08. The van der Waals surface area contributed by atoms with Crippen LogP contribution in [0.15, 0.2) is 47.2 Å². The number of aromatic nitrogens is 3. The molecule has 0 radical (unpaired) electrons. The maximum Gasteiger partial charge on any atom is 0.157 e. The second-order valence-corrected chi connectivity index (χ2v) is 7.35. The van der Waals surface area contributed by atoms with Gasteiger partial charge in [0.25, 0.3) is 0 Å². The van der Waals surface area contributed by atoms with Crippen molar-refractivity contribution in [3.8, 4) is 17.6 Å². The molecule has 1 saturated heterocycles. The summed E-state index contributed by atoms with van der Waals surface area (Å²) in [5.41, 5.74) is 1.51. The molecular formula is C23H26N4O3. The van der Waals surface area contributed by atoms with E-state index in [1.165, 1.54) is 0 Å². The molecule has 1 aromatic carbocycles. The number of benzene rings is 1. The van der Waals surface area contributed by atoms with Crippen molar-refractivity contribution in [1.29, 1.82) is 0 Å². The van der Waals surface area contributed by atoms with Gasteiger partial charge in [-0.1, -0.05) is 18.0 Å². The molecule has 1 aliphatic heterocycles. The quantitative estimate of drug-likeness (QED) is 0.579. The minimum Gasteiger partial charge on any atom is -0.488 e. The van der Waals surface area contributed by atoms with Gasteiger partial charge in [0.1, 0.15) is 17.7 Å². The topological polar surface area (TPSA) is 76.5 Å². The first-order valence-electron chi connectivity index (χ1n) is 10.3. The van der Waals surface area contributed by atoms with Crippen molar-refractivity contribution in [3.05, 3.63) is 65.6 Å². The molecule has 156 valence electrons. The van der Waals surface area contributed by atoms with Crippen LogP contribution in [0.4, 0.5) is 0 Å². The number of aliphatic hydroxyl groups excluding tert-OH is 1. The maximum absolute atomic E-state index is 8.87. The summed E-state index contributed by atoms with van der Waals surface area (Å²) in [6.07, 6.45) is 5.64. The number of ether oxygens (including phenoxy) is 1. The standard InChI is InChI=1S/C23H26N4O3/c1-2-23-24-10-12-27(23)17-21-14-19(25-30-21)7-4-18-5-8-20(9-6-18)29-22-15-26(16-22)11-3-13-28/h5-6,8-10,12,14,22,28H,2-3,11,13,15-17H2,1H3. The Labute approximate surface area is 176 Å². The lowest BCUT2D eigenvalue weighted by Crippen LogP contribution is -2.53. The van der Waals surface area contributed by atoms with Crippen LogP contribution in [0.3, 0.4) is 0 Å². The third-order valence-corrected chi connectivity index (χ3v) is 5.05. The van der Waals surface area contributed by atoms with Crippen LogP contribution in [0.25, 0.3) is 0 Å². The minimum atomic E-state index is 0.220. The van der Waals surface area contributed by atoms with Gasteiger partial charge in [0, 0.05) is 56.7 Å². The van der Waals surface area contributed by atoms with E-state index < -0.39 is 0 Å². The monoisotopic (exact) mass is 406 g/mol. The average Bonchev–Trinajstić information content (AvgIpc) is 3.38. The zero-order valence-electron chi connectivity index (χ0n) is 17.1. The first-order chi connectivity index (χ1) is 14.7. The molecule has 1 fully saturated rings. The Morgan fingerprint density at radius 3 is 2.83 bits per heavy atom. The number of hydrogen-bond acceptors (Lipinski definition) is 6. The van der Waals surface area contributed by atoms with Gasteiger partial charge < -0.3 is 18.9 Å². The van der Waals surface area contributed by atoms with E-state index in [-0.39, 0.29) is 12.7 Å². The molecule has 2 aromatic heterocycles. The molecule has 1 aliphatic rings. The Kier molecular flexibility index (Phi) is 6.47. The van der Waals surface area contributed by atoms with Crippen LogP contribution in [0, 0.1) is 11.8 Å². The molecule has 0 amide bonds. The fourth-order valence-electron chi connectivity index (χ4n) is 3.43. The summed E-state index contributed by atoms with van der Waals surface area (Å²) in [6.45, 7) is 5.67. The SMILES string of the molecule is CCc1nccn1Cc1cc(C#Cc2ccc(OC3CN(CCCO)C3)cc2)no1. The van der Waals surface area contributed by atoms with E-state index in [2.05, 4.69) is 33.8 Å². The van der Waals surface area contributed by atoms with Crippen LogP contribution in [-0.4, -0.2) is 57.1 Å². The third-order valence-electron chi connectivity index (χ3n) is 5.05. The number of nitrogens with zero attached hydrogens (tertiary/aromatic N) is 4. The highest BCUT2D eigenvalue weighted by molar-refractivity contribution is 5.42. The van der Waals surface area contributed by atoms with Crippen LogP contribution in [0.2, 0.25) is 0 Å². The zero-order valence-corrected chi connectivity index (χ0v) is 17.1. The summed E-state index contributed by atoms with van der Waals surface area (Å²) in [5, 5.41) is 12.9. The van der Waals surface area contributed by atoms with Crippen LogP contribution >= 0.6 is 0 Å². The number of aliphatic hydroxyl groups is 1. The normalized spacial score (nSPS) is 14.2. The number of rotatable bonds is 8. The lowest BCUT2D eigenvalue weighted by molar-refractivity contribution is 0.0167. The van der Waals surface area contributed by atoms with E-state index in [9.17, 15) is 0 Å². The van der Waals surface area contributed by atoms with Gasteiger partial charge in [-0.3, -0.25) is 4.90 Å². The van der Waals surface area contributed by atoms with E-state index in [4.69, 9.17) is 14.4 Å². The van der Waals surface area contributed by atoms with Crippen molar-refractivity contribution < 1.29 is 14.4 Å². The van der Waals surface area contributed by atoms with Gasteiger partial charge in [0.05, 0.1) is 6.54 Å². The van der Waals surface area contributed by atoms with E-state index in [1.54, 1.807) is 6.20 Å². The number of aryl methyl sites for hydroxylation is 1.